The van der Waals surface area contributed by atoms with Gasteiger partial charge in [-0.3, -0.25) is 9.69 Å². The zero-order valence-electron chi connectivity index (χ0n) is 12.7. The van der Waals surface area contributed by atoms with Crippen LogP contribution in [0, 0.1) is 6.92 Å². The first-order valence-electron chi connectivity index (χ1n) is 7.27. The molecule has 0 bridgehead atoms. The van der Waals surface area contributed by atoms with Crippen LogP contribution in [0.1, 0.15) is 16.3 Å². The van der Waals surface area contributed by atoms with Gasteiger partial charge in [-0.1, -0.05) is 0 Å². The highest BCUT2D eigenvalue weighted by molar-refractivity contribution is 7.98. The fourth-order valence-corrected chi connectivity index (χ4v) is 3.76. The van der Waals surface area contributed by atoms with E-state index in [1.165, 1.54) is 4.88 Å². The Hall–Kier alpha value is -0.630. The van der Waals surface area contributed by atoms with E-state index in [-0.39, 0.29) is 11.9 Å². The zero-order valence-corrected chi connectivity index (χ0v) is 14.4. The predicted octanol–water partition coefficient (Wildman–Crippen LogP) is 1.18. The minimum Gasteiger partial charge on any atom is -0.339 e. The summed E-state index contributed by atoms with van der Waals surface area (Å²) in [5.41, 5.74) is 5.97. The molecule has 118 valence electrons. The Balaban J connectivity index is 1.76. The molecule has 1 amide bonds. The molecule has 0 aliphatic carbocycles. The summed E-state index contributed by atoms with van der Waals surface area (Å²) in [7, 11) is 0. The van der Waals surface area contributed by atoms with Gasteiger partial charge in [-0.2, -0.15) is 11.8 Å². The average molecular weight is 329 g/mol. The van der Waals surface area contributed by atoms with Crippen molar-refractivity contribution in [2.75, 3.05) is 38.2 Å². The van der Waals surface area contributed by atoms with Crippen LogP contribution in [0.4, 0.5) is 0 Å². The molecule has 1 aromatic heterocycles. The fourth-order valence-electron chi connectivity index (χ4n) is 2.43. The van der Waals surface area contributed by atoms with Crippen LogP contribution >= 0.6 is 23.1 Å². The first-order valence-corrected chi connectivity index (χ1v) is 9.48. The van der Waals surface area contributed by atoms with Crippen molar-refractivity contribution in [3.63, 3.8) is 0 Å². The third-order valence-corrected chi connectivity index (χ3v) is 5.22. The predicted molar refractivity (Wildman–Crippen MR) is 89.7 cm³/mol. The molecule has 2 rings (SSSR count). The Bertz CT molecular complexity index is 458. The molecule has 0 spiro atoms. The minimum absolute atomic E-state index is 0.109. The molecule has 2 N–H and O–H groups in total. The van der Waals surface area contributed by atoms with Gasteiger partial charge in [0, 0.05) is 43.8 Å². The van der Waals surface area contributed by atoms with E-state index < -0.39 is 0 Å². The smallest absolute Gasteiger partial charge is 0.239 e. The van der Waals surface area contributed by atoms with Gasteiger partial charge in [0.05, 0.1) is 11.0 Å². The third-order valence-electron chi connectivity index (χ3n) is 3.68. The molecule has 1 aliphatic rings. The van der Waals surface area contributed by atoms with Crippen molar-refractivity contribution in [2.45, 2.75) is 25.9 Å². The first-order chi connectivity index (χ1) is 10.1. The number of rotatable bonds is 6. The molecular formula is C14H24N4OS2. The number of aromatic nitrogens is 1. The number of carbonyl (C=O) groups is 1. The number of hydrogen-bond donors (Lipinski definition) is 1. The lowest BCUT2D eigenvalue weighted by atomic mass is 10.2. The number of thiazole rings is 1. The second-order valence-corrected chi connectivity index (χ2v) is 7.64. The second kappa shape index (κ2) is 8.12. The maximum atomic E-state index is 12.2. The molecule has 0 unspecified atom stereocenters. The molecule has 1 atom stereocenters. The number of aryl methyl sites for hydroxylation is 1. The molecule has 0 aromatic carbocycles. The first kappa shape index (κ1) is 16.7. The summed E-state index contributed by atoms with van der Waals surface area (Å²) in [6.07, 6.45) is 4.76. The summed E-state index contributed by atoms with van der Waals surface area (Å²) in [5, 5.41) is 1.11. The van der Waals surface area contributed by atoms with Crippen LogP contribution in [-0.2, 0) is 11.3 Å². The fraction of sp³-hybridized carbons (Fsp3) is 0.714. The van der Waals surface area contributed by atoms with Crippen molar-refractivity contribution in [3.05, 3.63) is 16.1 Å². The maximum Gasteiger partial charge on any atom is 0.239 e. The van der Waals surface area contributed by atoms with Gasteiger partial charge in [-0.15, -0.1) is 11.3 Å². The molecule has 1 saturated heterocycles. The van der Waals surface area contributed by atoms with Gasteiger partial charge < -0.3 is 10.6 Å². The van der Waals surface area contributed by atoms with Crippen LogP contribution in [0.25, 0.3) is 0 Å². The van der Waals surface area contributed by atoms with E-state index in [0.29, 0.717) is 0 Å². The van der Waals surface area contributed by atoms with E-state index in [9.17, 15) is 4.79 Å². The lowest BCUT2D eigenvalue weighted by Gasteiger charge is -2.35. The summed E-state index contributed by atoms with van der Waals surface area (Å²) in [4.78, 5) is 22.1. The van der Waals surface area contributed by atoms with Gasteiger partial charge in [-0.05, 0) is 25.4 Å². The number of thioether (sulfide) groups is 1. The van der Waals surface area contributed by atoms with E-state index in [0.717, 1.165) is 49.9 Å². The number of amides is 1. The summed E-state index contributed by atoms with van der Waals surface area (Å²) >= 11 is 3.48. The number of carbonyl (C=O) groups excluding carboxylic acids is 1. The van der Waals surface area contributed by atoms with Crippen molar-refractivity contribution in [1.29, 1.82) is 0 Å². The normalized spacial score (nSPS) is 18.0. The van der Waals surface area contributed by atoms with Crippen LogP contribution < -0.4 is 5.73 Å². The minimum atomic E-state index is -0.340. The molecule has 2 heterocycles. The van der Waals surface area contributed by atoms with E-state index in [2.05, 4.69) is 9.88 Å². The Labute approximate surface area is 134 Å². The Morgan fingerprint density at radius 2 is 2.19 bits per heavy atom. The molecule has 21 heavy (non-hydrogen) atoms. The monoisotopic (exact) mass is 328 g/mol. The molecule has 1 aromatic rings. The molecule has 7 heteroatoms. The molecule has 1 aliphatic heterocycles. The topological polar surface area (TPSA) is 62.5 Å². The Morgan fingerprint density at radius 1 is 1.48 bits per heavy atom. The van der Waals surface area contributed by atoms with Crippen molar-refractivity contribution in [2.24, 2.45) is 5.73 Å². The average Bonchev–Trinajstić information content (AvgIpc) is 2.90. The van der Waals surface area contributed by atoms with Crippen LogP contribution in [0.5, 0.6) is 0 Å². The van der Waals surface area contributed by atoms with Crippen molar-refractivity contribution < 1.29 is 4.79 Å². The van der Waals surface area contributed by atoms with Crippen molar-refractivity contribution >= 4 is 29.0 Å². The number of hydrogen-bond acceptors (Lipinski definition) is 6. The highest BCUT2D eigenvalue weighted by Gasteiger charge is 2.25. The van der Waals surface area contributed by atoms with Crippen LogP contribution in [0.15, 0.2) is 6.20 Å². The van der Waals surface area contributed by atoms with Crippen molar-refractivity contribution in [3.8, 4) is 0 Å². The van der Waals surface area contributed by atoms with E-state index in [1.54, 1.807) is 23.1 Å². The van der Waals surface area contributed by atoms with Gasteiger partial charge in [0.25, 0.3) is 0 Å². The van der Waals surface area contributed by atoms with Gasteiger partial charge >= 0.3 is 0 Å². The largest absolute Gasteiger partial charge is 0.339 e. The second-order valence-electron chi connectivity index (χ2n) is 5.33. The van der Waals surface area contributed by atoms with E-state index in [1.807, 2.05) is 24.3 Å². The number of nitrogens with two attached hydrogens (primary N) is 1. The third kappa shape index (κ3) is 4.95. The molecular weight excluding hydrogens is 304 g/mol. The summed E-state index contributed by atoms with van der Waals surface area (Å²) in [6.45, 7) is 6.36. The molecule has 0 saturated carbocycles. The van der Waals surface area contributed by atoms with Crippen LogP contribution in [0.3, 0.4) is 0 Å². The SMILES string of the molecule is CSCC[C@H](N)C(=O)N1CCN(Cc2cnc(C)s2)CC1. The highest BCUT2D eigenvalue weighted by Crippen LogP contribution is 2.15. The van der Waals surface area contributed by atoms with Gasteiger partial charge in [0.1, 0.15) is 0 Å². The quantitative estimate of drug-likeness (QED) is 0.849. The highest BCUT2D eigenvalue weighted by atomic mass is 32.2. The molecule has 5 nitrogen and oxygen atoms in total. The van der Waals surface area contributed by atoms with Crippen molar-refractivity contribution in [1.82, 2.24) is 14.8 Å². The number of nitrogens with zero attached hydrogens (tertiary/aromatic N) is 3. The van der Waals surface area contributed by atoms with Crippen LogP contribution in [0.2, 0.25) is 0 Å². The summed E-state index contributed by atoms with van der Waals surface area (Å²) in [6, 6.07) is -0.340. The molecule has 1 fully saturated rings. The standard InChI is InChI=1S/C14H24N4OS2/c1-11-16-9-12(21-11)10-17-4-6-18(7-5-17)14(19)13(15)3-8-20-2/h9,13H,3-8,10,15H2,1-2H3/t13-/m0/s1. The van der Waals surface area contributed by atoms with E-state index in [4.69, 9.17) is 5.73 Å². The van der Waals surface area contributed by atoms with Crippen LogP contribution in [-0.4, -0.2) is 64.9 Å². The Kier molecular flexibility index (Phi) is 6.47. The summed E-state index contributed by atoms with van der Waals surface area (Å²) in [5.74, 6) is 1.05. The Morgan fingerprint density at radius 3 is 2.76 bits per heavy atom. The zero-order chi connectivity index (χ0) is 15.2. The molecule has 0 radical (unpaired) electrons. The van der Waals surface area contributed by atoms with E-state index >= 15 is 0 Å². The van der Waals surface area contributed by atoms with Gasteiger partial charge in [-0.25, -0.2) is 4.98 Å². The van der Waals surface area contributed by atoms with Gasteiger partial charge in [0.2, 0.25) is 5.91 Å². The lowest BCUT2D eigenvalue weighted by molar-refractivity contribution is -0.134. The summed E-state index contributed by atoms with van der Waals surface area (Å²) < 4.78 is 0. The van der Waals surface area contributed by atoms with Gasteiger partial charge in [0.15, 0.2) is 0 Å². The lowest BCUT2D eigenvalue weighted by Crippen LogP contribution is -2.52. The number of piperazine rings is 1. The maximum absolute atomic E-state index is 12.2.